The fourth-order valence-electron chi connectivity index (χ4n) is 8.70. The third kappa shape index (κ3) is 51.3. The summed E-state index contributed by atoms with van der Waals surface area (Å²) in [7, 11) is 0. The fourth-order valence-corrected chi connectivity index (χ4v) is 8.70. The minimum Gasteiger partial charge on any atom is -0.462 e. The van der Waals surface area contributed by atoms with Gasteiger partial charge in [0.05, 0.1) is 0 Å². The zero-order valence-electron chi connectivity index (χ0n) is 43.2. The molecule has 0 saturated heterocycles. The number of carbonyl (C=O) groups excluding carboxylic acids is 3. The molecule has 0 unspecified atom stereocenters. The van der Waals surface area contributed by atoms with Crippen LogP contribution in [0.2, 0.25) is 0 Å². The van der Waals surface area contributed by atoms with Crippen LogP contribution in [0.5, 0.6) is 0 Å². The van der Waals surface area contributed by atoms with Crippen LogP contribution in [0.3, 0.4) is 0 Å². The van der Waals surface area contributed by atoms with Crippen molar-refractivity contribution in [3.05, 3.63) is 0 Å². The largest absolute Gasteiger partial charge is 0.462 e. The van der Waals surface area contributed by atoms with E-state index < -0.39 is 6.10 Å². The molecule has 0 bridgehead atoms. The van der Waals surface area contributed by atoms with Crippen LogP contribution >= 0.6 is 0 Å². The zero-order chi connectivity index (χ0) is 46.1. The van der Waals surface area contributed by atoms with Crippen LogP contribution in [0.4, 0.5) is 0 Å². The first-order valence-electron chi connectivity index (χ1n) is 28.2. The van der Waals surface area contributed by atoms with Crippen LogP contribution in [-0.2, 0) is 28.6 Å². The molecule has 0 radical (unpaired) electrons. The van der Waals surface area contributed by atoms with Crippen molar-refractivity contribution in [1.82, 2.24) is 0 Å². The number of hydrogen-bond donors (Lipinski definition) is 0. The summed E-state index contributed by atoms with van der Waals surface area (Å²) >= 11 is 0. The van der Waals surface area contributed by atoms with E-state index in [1.807, 2.05) is 0 Å². The third-order valence-corrected chi connectivity index (χ3v) is 13.0. The summed E-state index contributed by atoms with van der Waals surface area (Å²) in [5, 5.41) is 0. The van der Waals surface area contributed by atoms with Crippen LogP contribution in [-0.4, -0.2) is 37.2 Å². The maximum absolute atomic E-state index is 12.8. The van der Waals surface area contributed by atoms with Gasteiger partial charge in [0, 0.05) is 19.3 Å². The minimum atomic E-state index is -0.762. The Morgan fingerprint density at radius 1 is 0.302 bits per heavy atom. The summed E-state index contributed by atoms with van der Waals surface area (Å²) in [6.07, 6.45) is 52.4. The maximum Gasteiger partial charge on any atom is 0.306 e. The molecule has 0 fully saturated rings. The van der Waals surface area contributed by atoms with Crippen molar-refractivity contribution in [2.24, 2.45) is 11.8 Å². The molecule has 6 nitrogen and oxygen atoms in total. The molecule has 0 N–H and O–H groups in total. The van der Waals surface area contributed by atoms with Crippen LogP contribution in [0, 0.1) is 11.8 Å². The lowest BCUT2D eigenvalue weighted by molar-refractivity contribution is -0.167. The molecule has 0 amide bonds. The Balaban J connectivity index is 4.27. The van der Waals surface area contributed by atoms with Gasteiger partial charge < -0.3 is 14.2 Å². The van der Waals surface area contributed by atoms with Gasteiger partial charge in [-0.3, -0.25) is 14.4 Å². The van der Waals surface area contributed by atoms with Crippen LogP contribution < -0.4 is 0 Å². The Bertz CT molecular complexity index is 962. The molecule has 0 aromatic heterocycles. The quantitative estimate of drug-likeness (QED) is 0.0344. The first-order valence-corrected chi connectivity index (χ1v) is 28.2. The number of unbranched alkanes of at least 4 members (excludes halogenated alkanes) is 36. The SMILES string of the molecule is CCCCCCCCCCCCCCCCCC(=O)OC[C@@H](COC(=O)CCCCCCCCCCCCCCCCCC(C)C)OC(=O)CCCCCCCCCCCC(C)C. The van der Waals surface area contributed by atoms with Gasteiger partial charge >= 0.3 is 17.9 Å². The number of rotatable bonds is 51. The van der Waals surface area contributed by atoms with Crippen molar-refractivity contribution in [3.63, 3.8) is 0 Å². The molecule has 0 aromatic carbocycles. The van der Waals surface area contributed by atoms with E-state index in [0.29, 0.717) is 19.3 Å². The Kier molecular flexibility index (Phi) is 48.6. The van der Waals surface area contributed by atoms with Crippen molar-refractivity contribution in [1.29, 1.82) is 0 Å². The van der Waals surface area contributed by atoms with Crippen molar-refractivity contribution in [2.45, 2.75) is 323 Å². The molecule has 0 aliphatic rings. The van der Waals surface area contributed by atoms with Gasteiger partial charge in [0.1, 0.15) is 13.2 Å². The molecule has 0 aliphatic carbocycles. The average molecular weight is 892 g/mol. The van der Waals surface area contributed by atoms with Gasteiger partial charge in [0.15, 0.2) is 6.10 Å². The summed E-state index contributed by atoms with van der Waals surface area (Å²) in [6.45, 7) is 11.4. The van der Waals surface area contributed by atoms with E-state index in [9.17, 15) is 14.4 Å². The van der Waals surface area contributed by atoms with Gasteiger partial charge in [-0.05, 0) is 31.1 Å². The maximum atomic E-state index is 12.8. The highest BCUT2D eigenvalue weighted by molar-refractivity contribution is 5.71. The standard InChI is InChI=1S/C57H110O6/c1-6-7-8-9-10-11-12-13-15-19-22-27-32-37-42-47-55(58)61-50-54(63-57(60)49-44-39-34-29-24-26-31-36-41-46-53(4)5)51-62-56(59)48-43-38-33-28-23-20-17-14-16-18-21-25-30-35-40-45-52(2)3/h52-54H,6-51H2,1-5H3/t54-/m0/s1. The second-order valence-electron chi connectivity index (χ2n) is 20.5. The monoisotopic (exact) mass is 891 g/mol. The van der Waals surface area contributed by atoms with Crippen LogP contribution in [0.15, 0.2) is 0 Å². The average Bonchev–Trinajstić information content (AvgIpc) is 3.25. The van der Waals surface area contributed by atoms with E-state index in [1.54, 1.807) is 0 Å². The van der Waals surface area contributed by atoms with Gasteiger partial charge in [-0.15, -0.1) is 0 Å². The molecule has 0 saturated carbocycles. The summed E-state index contributed by atoms with van der Waals surface area (Å²) in [5.41, 5.74) is 0. The highest BCUT2D eigenvalue weighted by atomic mass is 16.6. The molecular formula is C57H110O6. The van der Waals surface area contributed by atoms with E-state index in [4.69, 9.17) is 14.2 Å². The predicted octanol–water partition coefficient (Wildman–Crippen LogP) is 18.5. The molecule has 63 heavy (non-hydrogen) atoms. The Morgan fingerprint density at radius 2 is 0.524 bits per heavy atom. The molecule has 0 spiro atoms. The van der Waals surface area contributed by atoms with E-state index in [2.05, 4.69) is 34.6 Å². The van der Waals surface area contributed by atoms with Gasteiger partial charge in [-0.1, -0.05) is 279 Å². The molecule has 0 aliphatic heterocycles. The Labute approximate surface area is 393 Å². The first kappa shape index (κ1) is 61.4. The molecule has 6 heteroatoms. The number of ether oxygens (including phenoxy) is 3. The Hall–Kier alpha value is -1.59. The van der Waals surface area contributed by atoms with Crippen molar-refractivity contribution >= 4 is 17.9 Å². The lowest BCUT2D eigenvalue weighted by atomic mass is 10.0. The normalized spacial score (nSPS) is 12.0. The highest BCUT2D eigenvalue weighted by Crippen LogP contribution is 2.18. The number of hydrogen-bond acceptors (Lipinski definition) is 6. The molecular weight excluding hydrogens is 781 g/mol. The van der Waals surface area contributed by atoms with Gasteiger partial charge in [-0.2, -0.15) is 0 Å². The van der Waals surface area contributed by atoms with Gasteiger partial charge in [-0.25, -0.2) is 0 Å². The van der Waals surface area contributed by atoms with E-state index in [1.165, 1.54) is 205 Å². The zero-order valence-corrected chi connectivity index (χ0v) is 43.2. The number of carbonyl (C=O) groups is 3. The topological polar surface area (TPSA) is 78.9 Å². The first-order chi connectivity index (χ1) is 30.7. The lowest BCUT2D eigenvalue weighted by Gasteiger charge is -2.18. The van der Waals surface area contributed by atoms with Crippen molar-refractivity contribution < 1.29 is 28.6 Å². The predicted molar refractivity (Wildman–Crippen MR) is 270 cm³/mol. The molecule has 0 rings (SSSR count). The Morgan fingerprint density at radius 3 is 0.778 bits per heavy atom. The summed E-state index contributed by atoms with van der Waals surface area (Å²) in [6, 6.07) is 0. The smallest absolute Gasteiger partial charge is 0.306 e. The van der Waals surface area contributed by atoms with Crippen LogP contribution in [0.25, 0.3) is 0 Å². The van der Waals surface area contributed by atoms with Crippen molar-refractivity contribution in [2.75, 3.05) is 13.2 Å². The summed E-state index contributed by atoms with van der Waals surface area (Å²) in [5.74, 6) is 0.813. The molecule has 0 aromatic rings. The van der Waals surface area contributed by atoms with Gasteiger partial charge in [0.25, 0.3) is 0 Å². The number of esters is 3. The second-order valence-corrected chi connectivity index (χ2v) is 20.5. The third-order valence-electron chi connectivity index (χ3n) is 13.0. The molecule has 0 heterocycles. The van der Waals surface area contributed by atoms with Crippen LogP contribution in [0.1, 0.15) is 317 Å². The van der Waals surface area contributed by atoms with E-state index in [0.717, 1.165) is 69.6 Å². The van der Waals surface area contributed by atoms with E-state index in [-0.39, 0.29) is 31.1 Å². The second kappa shape index (κ2) is 49.8. The summed E-state index contributed by atoms with van der Waals surface area (Å²) < 4.78 is 16.9. The molecule has 1 atom stereocenters. The van der Waals surface area contributed by atoms with Crippen molar-refractivity contribution in [3.8, 4) is 0 Å². The van der Waals surface area contributed by atoms with E-state index >= 15 is 0 Å². The summed E-state index contributed by atoms with van der Waals surface area (Å²) in [4.78, 5) is 38.1. The fraction of sp³-hybridized carbons (Fsp3) is 0.947. The molecule has 374 valence electrons. The minimum absolute atomic E-state index is 0.0632. The lowest BCUT2D eigenvalue weighted by Crippen LogP contribution is -2.30. The highest BCUT2D eigenvalue weighted by Gasteiger charge is 2.19. The van der Waals surface area contributed by atoms with Gasteiger partial charge in [0.2, 0.25) is 0 Å².